The van der Waals surface area contributed by atoms with Crippen molar-refractivity contribution in [2.45, 2.75) is 27.7 Å². The first-order chi connectivity index (χ1) is 6.91. The summed E-state index contributed by atoms with van der Waals surface area (Å²) >= 11 is 0. The van der Waals surface area contributed by atoms with Gasteiger partial charge in [0.1, 0.15) is 11.5 Å². The molecular weight excluding hydrogens is 192 g/mol. The average Bonchev–Trinajstić information content (AvgIpc) is 2.15. The third-order valence-electron chi connectivity index (χ3n) is 2.77. The first-order valence-corrected chi connectivity index (χ1v) is 4.79. The van der Waals surface area contributed by atoms with Crippen molar-refractivity contribution in [3.63, 3.8) is 0 Å². The summed E-state index contributed by atoms with van der Waals surface area (Å²) in [6.45, 7) is 6.86. The highest BCUT2D eigenvalue weighted by molar-refractivity contribution is 5.99. The molecule has 0 bridgehead atoms. The topological polar surface area (TPSA) is 46.5 Å². The van der Waals surface area contributed by atoms with E-state index in [2.05, 4.69) is 0 Å². The number of hydrogen-bond acceptors (Lipinski definition) is 3. The molecule has 0 aromatic heterocycles. The molecule has 0 saturated carbocycles. The summed E-state index contributed by atoms with van der Waals surface area (Å²) in [4.78, 5) is 11.4. The second-order valence-electron chi connectivity index (χ2n) is 3.69. The number of benzene rings is 1. The van der Waals surface area contributed by atoms with Crippen LogP contribution >= 0.6 is 0 Å². The van der Waals surface area contributed by atoms with E-state index in [1.807, 2.05) is 6.92 Å². The molecule has 0 aliphatic carbocycles. The number of methoxy groups -OCH3 is 1. The fraction of sp³-hybridized carbons (Fsp3) is 0.417. The van der Waals surface area contributed by atoms with Gasteiger partial charge in [0.05, 0.1) is 12.7 Å². The van der Waals surface area contributed by atoms with E-state index in [4.69, 9.17) is 4.74 Å². The standard InChI is InChI=1S/C12H16O3/c1-6-7(2)12(15-5)8(3)10(9(4)13)11(6)14/h14H,1-5H3. The smallest absolute Gasteiger partial charge is 0.163 e. The summed E-state index contributed by atoms with van der Waals surface area (Å²) in [6, 6.07) is 0. The molecule has 15 heavy (non-hydrogen) atoms. The SMILES string of the molecule is COc1c(C)c(C)c(O)c(C(C)=O)c1C. The summed E-state index contributed by atoms with van der Waals surface area (Å²) in [5, 5.41) is 9.87. The maximum Gasteiger partial charge on any atom is 0.163 e. The van der Waals surface area contributed by atoms with E-state index in [9.17, 15) is 9.90 Å². The van der Waals surface area contributed by atoms with Gasteiger partial charge in [0.25, 0.3) is 0 Å². The lowest BCUT2D eigenvalue weighted by molar-refractivity contribution is 0.101. The van der Waals surface area contributed by atoms with Gasteiger partial charge >= 0.3 is 0 Å². The Bertz CT molecular complexity index is 420. The van der Waals surface area contributed by atoms with Crippen molar-refractivity contribution in [1.29, 1.82) is 0 Å². The molecule has 0 amide bonds. The van der Waals surface area contributed by atoms with Gasteiger partial charge in [-0.3, -0.25) is 4.79 Å². The Morgan fingerprint density at radius 3 is 2.07 bits per heavy atom. The molecule has 0 aliphatic heterocycles. The van der Waals surface area contributed by atoms with Crippen molar-refractivity contribution in [2.75, 3.05) is 7.11 Å². The second kappa shape index (κ2) is 3.93. The quantitative estimate of drug-likeness (QED) is 0.760. The Morgan fingerprint density at radius 1 is 1.13 bits per heavy atom. The monoisotopic (exact) mass is 208 g/mol. The number of ketones is 1. The number of carbonyl (C=O) groups is 1. The van der Waals surface area contributed by atoms with Crippen LogP contribution in [-0.4, -0.2) is 18.0 Å². The molecule has 1 N–H and O–H groups in total. The van der Waals surface area contributed by atoms with Gasteiger partial charge in [-0.2, -0.15) is 0 Å². The summed E-state index contributed by atoms with van der Waals surface area (Å²) in [5.41, 5.74) is 2.63. The van der Waals surface area contributed by atoms with Crippen LogP contribution in [0.2, 0.25) is 0 Å². The number of phenols is 1. The van der Waals surface area contributed by atoms with E-state index in [1.165, 1.54) is 6.92 Å². The second-order valence-corrected chi connectivity index (χ2v) is 3.69. The van der Waals surface area contributed by atoms with Gasteiger partial charge in [-0.05, 0) is 38.8 Å². The van der Waals surface area contributed by atoms with Gasteiger partial charge in [0.15, 0.2) is 5.78 Å². The normalized spacial score (nSPS) is 10.2. The van der Waals surface area contributed by atoms with Crippen LogP contribution in [0.15, 0.2) is 0 Å². The fourth-order valence-corrected chi connectivity index (χ4v) is 1.84. The lowest BCUT2D eigenvalue weighted by atomic mass is 9.95. The molecule has 0 saturated heterocycles. The summed E-state index contributed by atoms with van der Waals surface area (Å²) in [5.74, 6) is 0.597. The number of ether oxygens (including phenoxy) is 1. The van der Waals surface area contributed by atoms with E-state index < -0.39 is 0 Å². The number of hydrogen-bond donors (Lipinski definition) is 1. The molecule has 0 spiro atoms. The van der Waals surface area contributed by atoms with E-state index in [-0.39, 0.29) is 11.5 Å². The zero-order valence-electron chi connectivity index (χ0n) is 9.76. The van der Waals surface area contributed by atoms with E-state index in [0.29, 0.717) is 22.4 Å². The zero-order chi connectivity index (χ0) is 11.7. The Morgan fingerprint density at radius 2 is 1.67 bits per heavy atom. The molecule has 1 aromatic rings. The highest BCUT2D eigenvalue weighted by Gasteiger charge is 2.19. The molecular formula is C12H16O3. The van der Waals surface area contributed by atoms with E-state index in [0.717, 1.165) is 5.56 Å². The highest BCUT2D eigenvalue weighted by Crippen LogP contribution is 2.36. The van der Waals surface area contributed by atoms with Crippen molar-refractivity contribution in [2.24, 2.45) is 0 Å². The molecule has 1 rings (SSSR count). The third-order valence-corrected chi connectivity index (χ3v) is 2.77. The van der Waals surface area contributed by atoms with Crippen molar-refractivity contribution in [3.05, 3.63) is 22.3 Å². The molecule has 1 aromatic carbocycles. The Hall–Kier alpha value is -1.51. The van der Waals surface area contributed by atoms with Gasteiger partial charge in [-0.15, -0.1) is 0 Å². The van der Waals surface area contributed by atoms with Crippen LogP contribution in [0, 0.1) is 20.8 Å². The van der Waals surface area contributed by atoms with Gasteiger partial charge in [-0.1, -0.05) is 0 Å². The van der Waals surface area contributed by atoms with Crippen LogP contribution < -0.4 is 4.74 Å². The molecule has 0 fully saturated rings. The predicted octanol–water partition coefficient (Wildman–Crippen LogP) is 2.53. The summed E-state index contributed by atoms with van der Waals surface area (Å²) in [7, 11) is 1.57. The van der Waals surface area contributed by atoms with E-state index >= 15 is 0 Å². The third kappa shape index (κ3) is 1.69. The molecule has 0 unspecified atom stereocenters. The molecule has 0 heterocycles. The minimum absolute atomic E-state index is 0.0679. The minimum atomic E-state index is -0.147. The fourth-order valence-electron chi connectivity index (χ4n) is 1.84. The number of phenolic OH excluding ortho intramolecular Hbond substituents is 1. The summed E-state index contributed by atoms with van der Waals surface area (Å²) < 4.78 is 5.24. The van der Waals surface area contributed by atoms with Gasteiger partial charge in [0, 0.05) is 5.56 Å². The van der Waals surface area contributed by atoms with Crippen LogP contribution in [0.3, 0.4) is 0 Å². The lowest BCUT2D eigenvalue weighted by Gasteiger charge is -2.16. The summed E-state index contributed by atoms with van der Waals surface area (Å²) in [6.07, 6.45) is 0. The van der Waals surface area contributed by atoms with Crippen molar-refractivity contribution in [1.82, 2.24) is 0 Å². The van der Waals surface area contributed by atoms with Gasteiger partial charge < -0.3 is 9.84 Å². The van der Waals surface area contributed by atoms with Crippen LogP contribution in [0.1, 0.15) is 34.0 Å². The Balaban J connectivity index is 3.68. The van der Waals surface area contributed by atoms with Crippen molar-refractivity contribution >= 4 is 5.78 Å². The molecule has 0 aliphatic rings. The first-order valence-electron chi connectivity index (χ1n) is 4.79. The van der Waals surface area contributed by atoms with Crippen LogP contribution in [-0.2, 0) is 0 Å². The van der Waals surface area contributed by atoms with Gasteiger partial charge in [-0.25, -0.2) is 0 Å². The number of carbonyl (C=O) groups excluding carboxylic acids is 1. The maximum absolute atomic E-state index is 11.4. The predicted molar refractivity (Wildman–Crippen MR) is 58.9 cm³/mol. The maximum atomic E-state index is 11.4. The largest absolute Gasteiger partial charge is 0.507 e. The molecule has 3 nitrogen and oxygen atoms in total. The molecule has 3 heteroatoms. The highest BCUT2D eigenvalue weighted by atomic mass is 16.5. The first kappa shape index (κ1) is 11.6. The van der Waals surface area contributed by atoms with Crippen LogP contribution in [0.4, 0.5) is 0 Å². The number of aromatic hydroxyl groups is 1. The Labute approximate surface area is 89.7 Å². The number of rotatable bonds is 2. The average molecular weight is 208 g/mol. The van der Waals surface area contributed by atoms with Crippen LogP contribution in [0.25, 0.3) is 0 Å². The molecule has 0 atom stereocenters. The zero-order valence-corrected chi connectivity index (χ0v) is 9.76. The van der Waals surface area contributed by atoms with Gasteiger partial charge in [0.2, 0.25) is 0 Å². The van der Waals surface area contributed by atoms with Crippen LogP contribution in [0.5, 0.6) is 11.5 Å². The molecule has 0 radical (unpaired) electrons. The van der Waals surface area contributed by atoms with Crippen molar-refractivity contribution < 1.29 is 14.6 Å². The van der Waals surface area contributed by atoms with E-state index in [1.54, 1.807) is 21.0 Å². The number of Topliss-reactive ketones (excluding diaryl/α,β-unsaturated/α-hetero) is 1. The minimum Gasteiger partial charge on any atom is -0.507 e. The lowest BCUT2D eigenvalue weighted by Crippen LogP contribution is -2.03. The van der Waals surface area contributed by atoms with Crippen molar-refractivity contribution in [3.8, 4) is 11.5 Å². The molecule has 82 valence electrons. The Kier molecular flexibility index (Phi) is 3.03.